The van der Waals surface area contributed by atoms with Crippen LogP contribution in [0.25, 0.3) is 0 Å². The molecule has 1 aromatic carbocycles. The molecule has 16 heavy (non-hydrogen) atoms. The molecule has 1 unspecified atom stereocenters. The highest BCUT2D eigenvalue weighted by molar-refractivity contribution is 5.18. The molecular weight excluding hydrogens is 208 g/mol. The smallest absolute Gasteiger partial charge is 0.126 e. The standard InChI is InChI=1S/C13H19F2N/c1-9(2)3-4-13(16)7-10-5-11(14)8-12(15)6-10/h5-6,8-9,13H,3-4,7,16H2,1-2H3. The summed E-state index contributed by atoms with van der Waals surface area (Å²) >= 11 is 0. The molecule has 0 bridgehead atoms. The van der Waals surface area contributed by atoms with Crippen molar-refractivity contribution >= 4 is 0 Å². The summed E-state index contributed by atoms with van der Waals surface area (Å²) in [5.41, 5.74) is 6.54. The van der Waals surface area contributed by atoms with E-state index in [4.69, 9.17) is 5.73 Å². The molecule has 1 atom stereocenters. The lowest BCUT2D eigenvalue weighted by atomic mass is 9.98. The Bertz CT molecular complexity index is 316. The van der Waals surface area contributed by atoms with E-state index in [0.717, 1.165) is 18.9 Å². The van der Waals surface area contributed by atoms with E-state index < -0.39 is 11.6 Å². The molecular formula is C13H19F2N. The van der Waals surface area contributed by atoms with Crippen molar-refractivity contribution in [3.8, 4) is 0 Å². The maximum atomic E-state index is 12.9. The SMILES string of the molecule is CC(C)CCC(N)Cc1cc(F)cc(F)c1. The summed E-state index contributed by atoms with van der Waals surface area (Å²) in [7, 11) is 0. The first kappa shape index (κ1) is 13.1. The van der Waals surface area contributed by atoms with Gasteiger partial charge >= 0.3 is 0 Å². The summed E-state index contributed by atoms with van der Waals surface area (Å²) in [6, 6.07) is 3.54. The van der Waals surface area contributed by atoms with Crippen LogP contribution in [0, 0.1) is 17.6 Å². The summed E-state index contributed by atoms with van der Waals surface area (Å²) in [5.74, 6) is -0.465. The van der Waals surface area contributed by atoms with Crippen molar-refractivity contribution < 1.29 is 8.78 Å². The van der Waals surface area contributed by atoms with E-state index >= 15 is 0 Å². The molecule has 1 nitrogen and oxygen atoms in total. The normalized spacial score (nSPS) is 13.1. The highest BCUT2D eigenvalue weighted by Gasteiger charge is 2.07. The van der Waals surface area contributed by atoms with Gasteiger partial charge in [0.15, 0.2) is 0 Å². The van der Waals surface area contributed by atoms with Crippen molar-refractivity contribution in [1.29, 1.82) is 0 Å². The Balaban J connectivity index is 2.52. The third-order valence-corrected chi connectivity index (χ3v) is 2.54. The van der Waals surface area contributed by atoms with E-state index in [-0.39, 0.29) is 6.04 Å². The average Bonchev–Trinajstić information content (AvgIpc) is 2.12. The summed E-state index contributed by atoms with van der Waals surface area (Å²) in [6.45, 7) is 4.27. The maximum Gasteiger partial charge on any atom is 0.126 e. The molecule has 0 saturated heterocycles. The predicted molar refractivity (Wildman–Crippen MR) is 62.1 cm³/mol. The van der Waals surface area contributed by atoms with Gasteiger partial charge in [-0.1, -0.05) is 13.8 Å². The Hall–Kier alpha value is -0.960. The number of halogens is 2. The second kappa shape index (κ2) is 5.94. The van der Waals surface area contributed by atoms with Gasteiger partial charge in [0.1, 0.15) is 11.6 Å². The third-order valence-electron chi connectivity index (χ3n) is 2.54. The zero-order valence-electron chi connectivity index (χ0n) is 9.84. The van der Waals surface area contributed by atoms with E-state index in [2.05, 4.69) is 13.8 Å². The van der Waals surface area contributed by atoms with Crippen molar-refractivity contribution in [2.45, 2.75) is 39.2 Å². The molecule has 0 spiro atoms. The Morgan fingerprint density at radius 1 is 1.06 bits per heavy atom. The molecule has 0 saturated carbocycles. The topological polar surface area (TPSA) is 26.0 Å². The van der Waals surface area contributed by atoms with Crippen molar-refractivity contribution in [2.24, 2.45) is 11.7 Å². The fourth-order valence-corrected chi connectivity index (χ4v) is 1.68. The number of hydrogen-bond donors (Lipinski definition) is 1. The number of nitrogens with two attached hydrogens (primary N) is 1. The van der Waals surface area contributed by atoms with Crippen LogP contribution in [0.4, 0.5) is 8.78 Å². The average molecular weight is 227 g/mol. The zero-order valence-corrected chi connectivity index (χ0v) is 9.84. The molecule has 0 radical (unpaired) electrons. The van der Waals surface area contributed by atoms with Crippen LogP contribution in [-0.2, 0) is 6.42 Å². The third kappa shape index (κ3) is 4.71. The monoisotopic (exact) mass is 227 g/mol. The first-order chi connectivity index (χ1) is 7.47. The number of rotatable bonds is 5. The Kier molecular flexibility index (Phi) is 4.87. The summed E-state index contributed by atoms with van der Waals surface area (Å²) in [6.07, 6.45) is 2.45. The molecule has 0 heterocycles. The van der Waals surface area contributed by atoms with Gasteiger partial charge in [-0.25, -0.2) is 8.78 Å². The van der Waals surface area contributed by atoms with E-state index in [1.54, 1.807) is 0 Å². The molecule has 90 valence electrons. The van der Waals surface area contributed by atoms with Crippen molar-refractivity contribution in [3.05, 3.63) is 35.4 Å². The fraction of sp³-hybridized carbons (Fsp3) is 0.538. The Labute approximate surface area is 95.7 Å². The van der Waals surface area contributed by atoms with Crippen molar-refractivity contribution in [1.82, 2.24) is 0 Å². The van der Waals surface area contributed by atoms with Crippen LogP contribution in [0.2, 0.25) is 0 Å². The van der Waals surface area contributed by atoms with Crippen LogP contribution in [0.3, 0.4) is 0 Å². The minimum atomic E-state index is -0.536. The lowest BCUT2D eigenvalue weighted by Crippen LogP contribution is -2.23. The van der Waals surface area contributed by atoms with Crippen LogP contribution in [0.5, 0.6) is 0 Å². The van der Waals surface area contributed by atoms with Gasteiger partial charge in [-0.3, -0.25) is 0 Å². The summed E-state index contributed by atoms with van der Waals surface area (Å²) in [4.78, 5) is 0. The second-order valence-electron chi connectivity index (χ2n) is 4.71. The van der Waals surface area contributed by atoms with Crippen LogP contribution in [0.1, 0.15) is 32.3 Å². The van der Waals surface area contributed by atoms with Gasteiger partial charge < -0.3 is 5.73 Å². The highest BCUT2D eigenvalue weighted by atomic mass is 19.1. The first-order valence-electron chi connectivity index (χ1n) is 5.68. The van der Waals surface area contributed by atoms with Gasteiger partial charge in [-0.2, -0.15) is 0 Å². The van der Waals surface area contributed by atoms with E-state index in [1.807, 2.05) is 0 Å². The first-order valence-corrected chi connectivity index (χ1v) is 5.68. The van der Waals surface area contributed by atoms with Gasteiger partial charge in [0.2, 0.25) is 0 Å². The van der Waals surface area contributed by atoms with Gasteiger partial charge in [-0.05, 0) is 42.9 Å². The molecule has 1 aromatic rings. The maximum absolute atomic E-state index is 12.9. The number of hydrogen-bond acceptors (Lipinski definition) is 1. The fourth-order valence-electron chi connectivity index (χ4n) is 1.68. The molecule has 0 aromatic heterocycles. The van der Waals surface area contributed by atoms with Gasteiger partial charge in [0.25, 0.3) is 0 Å². The van der Waals surface area contributed by atoms with Crippen molar-refractivity contribution in [2.75, 3.05) is 0 Å². The molecule has 0 fully saturated rings. The van der Waals surface area contributed by atoms with Crippen LogP contribution >= 0.6 is 0 Å². The molecule has 0 aliphatic carbocycles. The molecule has 3 heteroatoms. The van der Waals surface area contributed by atoms with Crippen LogP contribution < -0.4 is 5.73 Å². The zero-order chi connectivity index (χ0) is 12.1. The van der Waals surface area contributed by atoms with E-state index in [9.17, 15) is 8.78 Å². The highest BCUT2D eigenvalue weighted by Crippen LogP contribution is 2.13. The van der Waals surface area contributed by atoms with Gasteiger partial charge in [-0.15, -0.1) is 0 Å². The molecule has 1 rings (SSSR count). The minimum absolute atomic E-state index is 0.0244. The minimum Gasteiger partial charge on any atom is -0.327 e. The van der Waals surface area contributed by atoms with E-state index in [0.29, 0.717) is 17.9 Å². The van der Waals surface area contributed by atoms with Crippen LogP contribution in [-0.4, -0.2) is 6.04 Å². The summed E-state index contributed by atoms with van der Waals surface area (Å²) in [5, 5.41) is 0. The quantitative estimate of drug-likeness (QED) is 0.820. The predicted octanol–water partition coefficient (Wildman–Crippen LogP) is 3.27. The molecule has 0 amide bonds. The molecule has 0 aliphatic rings. The Morgan fingerprint density at radius 2 is 1.62 bits per heavy atom. The van der Waals surface area contributed by atoms with Crippen LogP contribution in [0.15, 0.2) is 18.2 Å². The second-order valence-corrected chi connectivity index (χ2v) is 4.71. The van der Waals surface area contributed by atoms with Gasteiger partial charge in [0.05, 0.1) is 0 Å². The van der Waals surface area contributed by atoms with Gasteiger partial charge in [0, 0.05) is 12.1 Å². The molecule has 2 N–H and O–H groups in total. The number of benzene rings is 1. The lowest BCUT2D eigenvalue weighted by molar-refractivity contribution is 0.492. The van der Waals surface area contributed by atoms with Crippen molar-refractivity contribution in [3.63, 3.8) is 0 Å². The van der Waals surface area contributed by atoms with E-state index in [1.165, 1.54) is 12.1 Å². The lowest BCUT2D eigenvalue weighted by Gasteiger charge is -2.13. The summed E-state index contributed by atoms with van der Waals surface area (Å²) < 4.78 is 25.8. The largest absolute Gasteiger partial charge is 0.327 e. The Morgan fingerprint density at radius 3 is 2.12 bits per heavy atom. The molecule has 0 aliphatic heterocycles.